The van der Waals surface area contributed by atoms with Crippen molar-refractivity contribution >= 4 is 34.9 Å². The summed E-state index contributed by atoms with van der Waals surface area (Å²) in [6.45, 7) is 2.32. The molecule has 0 spiro atoms. The van der Waals surface area contributed by atoms with Gasteiger partial charge in [-0.05, 0) is 61.1 Å². The van der Waals surface area contributed by atoms with Gasteiger partial charge < -0.3 is 24.7 Å². The van der Waals surface area contributed by atoms with Gasteiger partial charge in [0.25, 0.3) is 0 Å². The maximum absolute atomic E-state index is 12.9. The molecule has 2 aromatic carbocycles. The Morgan fingerprint density at radius 1 is 1.05 bits per heavy atom. The van der Waals surface area contributed by atoms with Crippen molar-refractivity contribution in [2.75, 3.05) is 19.0 Å². The van der Waals surface area contributed by atoms with Crippen molar-refractivity contribution in [1.29, 1.82) is 0 Å². The van der Waals surface area contributed by atoms with E-state index in [2.05, 4.69) is 15.6 Å². The summed E-state index contributed by atoms with van der Waals surface area (Å²) in [4.78, 5) is 31.7. The number of para-hydroxylation sites is 1. The average molecular weight is 541 g/mol. The summed E-state index contributed by atoms with van der Waals surface area (Å²) in [6.07, 6.45) is 1.95. The number of rotatable bonds is 8. The molecule has 0 unspecified atom stereocenters. The number of aryl methyl sites for hydroxylation is 1. The van der Waals surface area contributed by atoms with Gasteiger partial charge in [0.15, 0.2) is 5.11 Å². The molecule has 5 rings (SSSR count). The molecule has 4 aromatic rings. The molecule has 0 bridgehead atoms. The third-order valence-electron chi connectivity index (χ3n) is 6.71. The molecule has 9 heteroatoms. The molecule has 8 nitrogen and oxygen atoms in total. The van der Waals surface area contributed by atoms with Crippen molar-refractivity contribution in [2.24, 2.45) is 0 Å². The van der Waals surface area contributed by atoms with E-state index in [0.29, 0.717) is 34.3 Å². The van der Waals surface area contributed by atoms with Crippen LogP contribution < -0.4 is 10.6 Å². The van der Waals surface area contributed by atoms with E-state index < -0.39 is 5.97 Å². The summed E-state index contributed by atoms with van der Waals surface area (Å²) in [5.41, 5.74) is 3.61. The van der Waals surface area contributed by atoms with E-state index in [4.69, 9.17) is 21.4 Å². The molecule has 39 heavy (non-hydrogen) atoms. The maximum Gasteiger partial charge on any atom is 0.338 e. The number of esters is 1. The number of anilines is 1. The molecule has 0 radical (unpaired) electrons. The normalized spacial score (nSPS) is 16.6. The summed E-state index contributed by atoms with van der Waals surface area (Å²) < 4.78 is 11.3. The molecular formula is C30H28N4O4S. The third-order valence-corrected chi connectivity index (χ3v) is 7.07. The standard InChI is InChI=1S/C30H28N4O4S/c1-19-9-3-6-12-22(19)32-26(35)16-18-34-28(27(33-30(34)39)23-13-7-8-17-31-23)25-15-14-24(38-25)20-10-4-5-11-21(20)29(36)37-2/h3-15,17,27-28H,16,18H2,1-2H3,(H,32,35)(H,33,39)/t27-,28-/m0/s1. The zero-order valence-corrected chi connectivity index (χ0v) is 22.4. The molecule has 2 N–H and O–H groups in total. The van der Waals surface area contributed by atoms with Crippen molar-refractivity contribution < 1.29 is 18.7 Å². The highest BCUT2D eigenvalue weighted by atomic mass is 32.1. The molecular weight excluding hydrogens is 512 g/mol. The monoisotopic (exact) mass is 540 g/mol. The van der Waals surface area contributed by atoms with Gasteiger partial charge in [0.05, 0.1) is 24.4 Å². The maximum atomic E-state index is 12.9. The van der Waals surface area contributed by atoms with Crippen molar-refractivity contribution in [3.8, 4) is 11.3 Å². The van der Waals surface area contributed by atoms with Gasteiger partial charge in [-0.25, -0.2) is 4.79 Å². The van der Waals surface area contributed by atoms with Crippen LogP contribution in [0.25, 0.3) is 11.3 Å². The first-order chi connectivity index (χ1) is 19.0. The fraction of sp³-hybridized carbons (Fsp3) is 0.200. The minimum absolute atomic E-state index is 0.112. The summed E-state index contributed by atoms with van der Waals surface area (Å²) >= 11 is 5.72. The van der Waals surface area contributed by atoms with Gasteiger partial charge in [0.1, 0.15) is 17.6 Å². The second kappa shape index (κ2) is 11.5. The molecule has 0 aliphatic carbocycles. The van der Waals surface area contributed by atoms with Crippen molar-refractivity contribution in [3.05, 3.63) is 108 Å². The highest BCUT2D eigenvalue weighted by molar-refractivity contribution is 7.80. The van der Waals surface area contributed by atoms with E-state index in [1.807, 2.05) is 78.6 Å². The Hall–Kier alpha value is -4.50. The van der Waals surface area contributed by atoms with Gasteiger partial charge in [-0.1, -0.05) is 42.5 Å². The summed E-state index contributed by atoms with van der Waals surface area (Å²) in [7, 11) is 1.35. The Balaban J connectivity index is 1.43. The first-order valence-corrected chi connectivity index (χ1v) is 13.0. The molecule has 3 heterocycles. The number of carbonyl (C=O) groups excluding carboxylic acids is 2. The first-order valence-electron chi connectivity index (χ1n) is 12.6. The number of thiocarbonyl (C=S) groups is 1. The number of amides is 1. The van der Waals surface area contributed by atoms with Crippen LogP contribution in [0.5, 0.6) is 0 Å². The van der Waals surface area contributed by atoms with Crippen LogP contribution in [0.15, 0.2) is 89.5 Å². The van der Waals surface area contributed by atoms with E-state index in [-0.39, 0.29) is 24.4 Å². The first kappa shape index (κ1) is 26.1. The molecule has 198 valence electrons. The van der Waals surface area contributed by atoms with Gasteiger partial charge >= 0.3 is 5.97 Å². The fourth-order valence-electron chi connectivity index (χ4n) is 4.75. The Labute approximate surface area is 232 Å². The summed E-state index contributed by atoms with van der Waals surface area (Å²) in [5.74, 6) is 0.604. The van der Waals surface area contributed by atoms with Crippen LogP contribution in [0.1, 0.15) is 45.9 Å². The molecule has 0 saturated carbocycles. The Bertz CT molecular complexity index is 1500. The fourth-order valence-corrected chi connectivity index (χ4v) is 5.08. The van der Waals surface area contributed by atoms with Crippen molar-refractivity contribution in [3.63, 3.8) is 0 Å². The van der Waals surface area contributed by atoms with E-state index in [1.54, 1.807) is 18.3 Å². The van der Waals surface area contributed by atoms with E-state index in [1.165, 1.54) is 7.11 Å². The lowest BCUT2D eigenvalue weighted by Crippen LogP contribution is -2.32. The van der Waals surface area contributed by atoms with E-state index >= 15 is 0 Å². The second-order valence-corrected chi connectivity index (χ2v) is 9.56. The molecule has 1 amide bonds. The molecule has 1 aliphatic heterocycles. The van der Waals surface area contributed by atoms with Gasteiger partial charge in [-0.2, -0.15) is 0 Å². The minimum Gasteiger partial charge on any atom is -0.465 e. The van der Waals surface area contributed by atoms with Crippen LogP contribution in [0.3, 0.4) is 0 Å². The lowest BCUT2D eigenvalue weighted by molar-refractivity contribution is -0.116. The number of hydrogen-bond donors (Lipinski definition) is 2. The SMILES string of the molecule is COC(=O)c1ccccc1-c1ccc([C@H]2[C@H](c3ccccn3)NC(=S)N2CCC(=O)Nc2ccccc2C)o1. The van der Waals surface area contributed by atoms with Gasteiger partial charge in [-0.3, -0.25) is 9.78 Å². The molecule has 2 atom stereocenters. The van der Waals surface area contributed by atoms with Crippen LogP contribution in [0, 0.1) is 6.92 Å². The zero-order valence-electron chi connectivity index (χ0n) is 21.6. The van der Waals surface area contributed by atoms with Crippen LogP contribution in [0.4, 0.5) is 5.69 Å². The van der Waals surface area contributed by atoms with E-state index in [0.717, 1.165) is 16.9 Å². The van der Waals surface area contributed by atoms with Crippen molar-refractivity contribution in [2.45, 2.75) is 25.4 Å². The number of hydrogen-bond acceptors (Lipinski definition) is 6. The largest absolute Gasteiger partial charge is 0.465 e. The average Bonchev–Trinajstić information content (AvgIpc) is 3.57. The number of furan rings is 1. The summed E-state index contributed by atoms with van der Waals surface area (Å²) in [5, 5.41) is 6.86. The highest BCUT2D eigenvalue weighted by Crippen LogP contribution is 2.41. The quantitative estimate of drug-likeness (QED) is 0.225. The lowest BCUT2D eigenvalue weighted by Gasteiger charge is -2.26. The summed E-state index contributed by atoms with van der Waals surface area (Å²) in [6, 6.07) is 23.5. The number of ether oxygens (including phenoxy) is 1. The van der Waals surface area contributed by atoms with Crippen LogP contribution in [-0.2, 0) is 9.53 Å². The molecule has 1 fully saturated rings. The number of methoxy groups -OCH3 is 1. The lowest BCUT2D eigenvalue weighted by atomic mass is 10.0. The molecule has 1 saturated heterocycles. The number of nitrogens with one attached hydrogen (secondary N) is 2. The highest BCUT2D eigenvalue weighted by Gasteiger charge is 2.41. The van der Waals surface area contributed by atoms with E-state index in [9.17, 15) is 9.59 Å². The predicted molar refractivity (Wildman–Crippen MR) is 152 cm³/mol. The number of aromatic nitrogens is 1. The minimum atomic E-state index is -0.445. The third kappa shape index (κ3) is 5.53. The van der Waals surface area contributed by atoms with Gasteiger partial charge in [-0.15, -0.1) is 0 Å². The number of pyridine rings is 1. The van der Waals surface area contributed by atoms with Crippen molar-refractivity contribution in [1.82, 2.24) is 15.2 Å². The van der Waals surface area contributed by atoms with Crippen LogP contribution in [0.2, 0.25) is 0 Å². The smallest absolute Gasteiger partial charge is 0.338 e. The number of carbonyl (C=O) groups is 2. The second-order valence-electron chi connectivity index (χ2n) is 9.17. The van der Waals surface area contributed by atoms with Gasteiger partial charge in [0, 0.05) is 30.4 Å². The predicted octanol–water partition coefficient (Wildman–Crippen LogP) is 5.44. The van der Waals surface area contributed by atoms with Crippen LogP contribution in [-0.4, -0.2) is 40.5 Å². The molecule has 1 aliphatic rings. The van der Waals surface area contributed by atoms with Gasteiger partial charge in [0.2, 0.25) is 5.91 Å². The molecule has 2 aromatic heterocycles. The number of nitrogens with zero attached hydrogens (tertiary/aromatic N) is 2. The van der Waals surface area contributed by atoms with Crippen LogP contribution >= 0.6 is 12.2 Å². The Morgan fingerprint density at radius 3 is 2.59 bits per heavy atom. The topological polar surface area (TPSA) is 96.7 Å². The Kier molecular flexibility index (Phi) is 7.69. The Morgan fingerprint density at radius 2 is 1.82 bits per heavy atom. The zero-order chi connectivity index (χ0) is 27.4. The number of benzene rings is 2.